The minimum absolute atomic E-state index is 0.00282. The van der Waals surface area contributed by atoms with E-state index in [0.29, 0.717) is 10.6 Å². The average molecular weight is 537 g/mol. The quantitative estimate of drug-likeness (QED) is 0.435. The van der Waals surface area contributed by atoms with E-state index in [4.69, 9.17) is 45.2 Å². The second-order valence-corrected chi connectivity index (χ2v) is 15.8. The fourth-order valence-electron chi connectivity index (χ4n) is 3.87. The molecule has 2 fully saturated rings. The minimum atomic E-state index is -5.39. The molecule has 3 atom stereocenters. The molecule has 2 heterocycles. The van der Waals surface area contributed by atoms with Crippen molar-refractivity contribution in [1.29, 1.82) is 0 Å². The van der Waals surface area contributed by atoms with Gasteiger partial charge in [0.25, 0.3) is 0 Å². The summed E-state index contributed by atoms with van der Waals surface area (Å²) < 4.78 is 28.3. The molecule has 0 amide bonds. The van der Waals surface area contributed by atoms with Crippen LogP contribution in [-0.4, -0.2) is 18.1 Å². The Bertz CT molecular complexity index is 1020. The first kappa shape index (κ1) is 25.7. The van der Waals surface area contributed by atoms with Gasteiger partial charge in [-0.05, 0) is 0 Å². The van der Waals surface area contributed by atoms with Gasteiger partial charge < -0.3 is 0 Å². The monoisotopic (exact) mass is 536 g/mol. The van der Waals surface area contributed by atoms with Gasteiger partial charge >= 0.3 is 205 Å². The number of phosphoric acid groups is 1. The van der Waals surface area contributed by atoms with E-state index in [0.717, 1.165) is 5.56 Å². The Morgan fingerprint density at radius 1 is 1.00 bits per heavy atom. The number of phosphoric ester groups is 1. The standard InChI is InChI=1S/C22H28Cl2O7P2/c1-21(2)14-27-32(25,29-20(21)17-12-8-9-13-18(17)23)31-33(24,26)28-15-22(3,4)19(30-33)16-10-6-5-7-11-16/h5-13,19-20,26H,14-15H2,1-4H3/t19-,20+,32?/m1/s1. The molecule has 2 aromatic rings. The van der Waals surface area contributed by atoms with Crippen LogP contribution < -0.4 is 4.89 Å². The number of hydrogen-bond donors (Lipinski definition) is 1. The van der Waals surface area contributed by atoms with E-state index in [-0.39, 0.29) is 13.2 Å². The number of rotatable bonds is 4. The van der Waals surface area contributed by atoms with Crippen molar-refractivity contribution >= 4 is 37.9 Å². The molecule has 2 aliphatic rings. The summed E-state index contributed by atoms with van der Waals surface area (Å²) in [6.07, 6.45) is -1.45. The Morgan fingerprint density at radius 3 is 2.27 bits per heavy atom. The van der Waals surface area contributed by atoms with Crippen LogP contribution >= 0.6 is 37.9 Å². The Morgan fingerprint density at radius 2 is 1.61 bits per heavy atom. The van der Waals surface area contributed by atoms with Crippen LogP contribution in [0, 0.1) is 10.8 Å². The van der Waals surface area contributed by atoms with E-state index in [2.05, 4.69) is 0 Å². The van der Waals surface area contributed by atoms with Crippen molar-refractivity contribution in [2.24, 2.45) is 10.8 Å². The molecule has 0 aromatic heterocycles. The van der Waals surface area contributed by atoms with Gasteiger partial charge in [-0.3, -0.25) is 0 Å². The maximum absolute atomic E-state index is 13.6. The molecule has 1 unspecified atom stereocenters. The van der Waals surface area contributed by atoms with E-state index < -0.39 is 38.1 Å². The van der Waals surface area contributed by atoms with Gasteiger partial charge in [-0.15, -0.1) is 0 Å². The van der Waals surface area contributed by atoms with Gasteiger partial charge in [0, 0.05) is 0 Å². The van der Waals surface area contributed by atoms with Crippen LogP contribution in [0.4, 0.5) is 0 Å². The van der Waals surface area contributed by atoms with Crippen molar-refractivity contribution in [2.45, 2.75) is 39.9 Å². The van der Waals surface area contributed by atoms with Crippen LogP contribution in [-0.2, 0) is 22.4 Å². The zero-order valence-corrected chi connectivity index (χ0v) is 22.1. The summed E-state index contributed by atoms with van der Waals surface area (Å²) in [6.45, 7) is 2.17. The van der Waals surface area contributed by atoms with Gasteiger partial charge in [0.15, 0.2) is 0 Å². The number of benzene rings is 2. The third-order valence-corrected chi connectivity index (χ3v) is 11.0. The predicted molar refractivity (Wildman–Crippen MR) is 128 cm³/mol. The average Bonchev–Trinajstić information content (AvgIpc) is 2.74. The molecule has 11 heteroatoms. The fourth-order valence-corrected chi connectivity index (χ4v) is 9.74. The maximum atomic E-state index is 13.6. The van der Waals surface area contributed by atoms with Gasteiger partial charge in [-0.25, -0.2) is 0 Å². The van der Waals surface area contributed by atoms with E-state index >= 15 is 0 Å². The topological polar surface area (TPSA) is 89.4 Å². The molecule has 0 spiro atoms. The van der Waals surface area contributed by atoms with E-state index in [1.54, 1.807) is 24.3 Å². The van der Waals surface area contributed by atoms with Gasteiger partial charge in [0.1, 0.15) is 0 Å². The molecular weight excluding hydrogens is 509 g/mol. The van der Waals surface area contributed by atoms with Gasteiger partial charge in [0.2, 0.25) is 0 Å². The van der Waals surface area contributed by atoms with Gasteiger partial charge in [0.05, 0.1) is 0 Å². The summed E-state index contributed by atoms with van der Waals surface area (Å²) in [5.41, 5.74) is 0.209. The summed E-state index contributed by atoms with van der Waals surface area (Å²) in [4.78, 5) is 24.9. The molecule has 7 nitrogen and oxygen atoms in total. The summed E-state index contributed by atoms with van der Waals surface area (Å²) in [7, 11) is -4.43. The summed E-state index contributed by atoms with van der Waals surface area (Å²) in [5, 5.41) is 0.441. The number of hydrogen-bond acceptors (Lipinski definition) is 7. The Hall–Kier alpha value is -0.400. The fraction of sp³-hybridized carbons (Fsp3) is 0.455. The van der Waals surface area contributed by atoms with Crippen molar-refractivity contribution < 1.29 is 32.2 Å². The van der Waals surface area contributed by atoms with Crippen molar-refractivity contribution in [3.63, 3.8) is 0 Å². The first-order valence-electron chi connectivity index (χ1n) is 10.5. The Kier molecular flexibility index (Phi) is 6.71. The molecule has 0 radical (unpaired) electrons. The molecule has 0 saturated carbocycles. The first-order valence-corrected chi connectivity index (χ1v) is 15.2. The van der Waals surface area contributed by atoms with Crippen molar-refractivity contribution in [1.82, 2.24) is 0 Å². The molecule has 0 aliphatic carbocycles. The molecule has 33 heavy (non-hydrogen) atoms. The molecule has 2 saturated heterocycles. The normalized spacial score (nSPS) is 33.5. The van der Waals surface area contributed by atoms with E-state index in [1.165, 1.54) is 0 Å². The van der Waals surface area contributed by atoms with Crippen LogP contribution in [0.5, 0.6) is 0 Å². The SMILES string of the molecule is CC1(C)COP(O)(Cl)(O[P+]2([O-])OCC(C)(C)[C@H](c3ccccc3Cl)O2)O[C@@H]1c1ccccc1. The zero-order valence-electron chi connectivity index (χ0n) is 18.8. The van der Waals surface area contributed by atoms with E-state index in [9.17, 15) is 9.79 Å². The third-order valence-electron chi connectivity index (χ3n) is 5.70. The molecule has 182 valence electrons. The zero-order chi connectivity index (χ0) is 24.1. The first-order chi connectivity index (χ1) is 15.2. The molecule has 2 aromatic carbocycles. The molecule has 4 rings (SSSR count). The Balaban J connectivity index is 1.63. The van der Waals surface area contributed by atoms with E-state index in [1.807, 2.05) is 58.0 Å². The van der Waals surface area contributed by atoms with Crippen LogP contribution in [0.1, 0.15) is 51.0 Å². The van der Waals surface area contributed by atoms with Crippen molar-refractivity contribution in [3.05, 3.63) is 70.7 Å². The van der Waals surface area contributed by atoms with Crippen LogP contribution in [0.2, 0.25) is 5.02 Å². The Labute approximate surface area is 204 Å². The number of halogens is 2. The summed E-state index contributed by atoms with van der Waals surface area (Å²) in [5.74, 6) is 0. The van der Waals surface area contributed by atoms with Crippen molar-refractivity contribution in [3.8, 4) is 0 Å². The molecule has 1 N–H and O–H groups in total. The van der Waals surface area contributed by atoms with Gasteiger partial charge in [-0.2, -0.15) is 0 Å². The second kappa shape index (κ2) is 8.62. The molecule has 2 aliphatic heterocycles. The molecular formula is C22H28Cl2O7P2. The van der Waals surface area contributed by atoms with Crippen LogP contribution in [0.15, 0.2) is 54.6 Å². The van der Waals surface area contributed by atoms with Crippen LogP contribution in [0.25, 0.3) is 0 Å². The third kappa shape index (κ3) is 5.40. The molecule has 0 bridgehead atoms. The van der Waals surface area contributed by atoms with Crippen molar-refractivity contribution in [2.75, 3.05) is 13.2 Å². The summed E-state index contributed by atoms with van der Waals surface area (Å²) in [6, 6.07) is 16.3. The van der Waals surface area contributed by atoms with Crippen LogP contribution in [0.3, 0.4) is 0 Å². The van der Waals surface area contributed by atoms with Gasteiger partial charge in [-0.1, -0.05) is 0 Å². The summed E-state index contributed by atoms with van der Waals surface area (Å²) >= 11 is 12.9. The second-order valence-electron chi connectivity index (χ2n) is 9.71. The predicted octanol–water partition coefficient (Wildman–Crippen LogP) is 6.68.